The molecule has 1 aromatic rings. The molecule has 0 saturated heterocycles. The minimum atomic E-state index is -0.179. The molecule has 1 atom stereocenters. The van der Waals surface area contributed by atoms with Crippen LogP contribution in [-0.4, -0.2) is 12.2 Å². The second kappa shape index (κ2) is 4.43. The monoisotopic (exact) mass is 233 g/mol. The average Bonchev–Trinajstić information content (AvgIpc) is 2.56. The molecule has 0 saturated carbocycles. The van der Waals surface area contributed by atoms with E-state index in [1.54, 1.807) is 0 Å². The van der Waals surface area contributed by atoms with Gasteiger partial charge in [0.15, 0.2) is 0 Å². The van der Waals surface area contributed by atoms with Crippen molar-refractivity contribution in [3.05, 3.63) is 35.4 Å². The first-order valence-corrected chi connectivity index (χ1v) is 6.42. The zero-order valence-electron chi connectivity index (χ0n) is 11.1. The van der Waals surface area contributed by atoms with Crippen molar-refractivity contribution < 1.29 is 4.74 Å². The van der Waals surface area contributed by atoms with Crippen molar-refractivity contribution in [2.24, 2.45) is 5.73 Å². The maximum atomic E-state index is 6.52. The van der Waals surface area contributed by atoms with E-state index in [0.717, 1.165) is 25.9 Å². The molecule has 1 unspecified atom stereocenters. The summed E-state index contributed by atoms with van der Waals surface area (Å²) in [6, 6.07) is 8.53. The SMILES string of the molecule is CC(C)(C)OCCC1(N)CCc2ccccc21. The molecule has 1 aromatic carbocycles. The van der Waals surface area contributed by atoms with Gasteiger partial charge in [0.25, 0.3) is 0 Å². The summed E-state index contributed by atoms with van der Waals surface area (Å²) in [5, 5.41) is 0. The van der Waals surface area contributed by atoms with E-state index in [1.807, 2.05) is 0 Å². The van der Waals surface area contributed by atoms with Gasteiger partial charge in [0.1, 0.15) is 0 Å². The Morgan fingerprint density at radius 3 is 2.71 bits per heavy atom. The van der Waals surface area contributed by atoms with Crippen molar-refractivity contribution in [2.75, 3.05) is 6.61 Å². The number of nitrogens with two attached hydrogens (primary N) is 1. The van der Waals surface area contributed by atoms with E-state index in [2.05, 4.69) is 45.0 Å². The van der Waals surface area contributed by atoms with Gasteiger partial charge in [-0.15, -0.1) is 0 Å². The second-order valence-electron chi connectivity index (χ2n) is 6.02. The molecule has 0 spiro atoms. The van der Waals surface area contributed by atoms with Crippen LogP contribution >= 0.6 is 0 Å². The van der Waals surface area contributed by atoms with Crippen LogP contribution in [0.15, 0.2) is 24.3 Å². The minimum absolute atomic E-state index is 0.0749. The van der Waals surface area contributed by atoms with Crippen LogP contribution in [0.2, 0.25) is 0 Å². The Morgan fingerprint density at radius 1 is 1.29 bits per heavy atom. The van der Waals surface area contributed by atoms with Crippen LogP contribution < -0.4 is 5.73 Å². The Balaban J connectivity index is 2.02. The normalized spacial score (nSPS) is 23.8. The van der Waals surface area contributed by atoms with Crippen molar-refractivity contribution in [2.45, 2.75) is 51.2 Å². The van der Waals surface area contributed by atoms with Gasteiger partial charge < -0.3 is 10.5 Å². The number of ether oxygens (including phenoxy) is 1. The highest BCUT2D eigenvalue weighted by molar-refractivity contribution is 5.38. The molecule has 1 aliphatic rings. The lowest BCUT2D eigenvalue weighted by Crippen LogP contribution is -2.36. The summed E-state index contributed by atoms with van der Waals surface area (Å²) >= 11 is 0. The summed E-state index contributed by atoms with van der Waals surface area (Å²) in [7, 11) is 0. The Morgan fingerprint density at radius 2 is 2.00 bits per heavy atom. The molecular weight excluding hydrogens is 210 g/mol. The standard InChI is InChI=1S/C15H23NO/c1-14(2,3)17-11-10-15(16)9-8-12-6-4-5-7-13(12)15/h4-7H,8-11,16H2,1-3H3. The van der Waals surface area contributed by atoms with E-state index in [0.29, 0.717) is 0 Å². The summed E-state index contributed by atoms with van der Waals surface area (Å²) < 4.78 is 5.79. The Kier molecular flexibility index (Phi) is 3.28. The molecule has 1 aliphatic carbocycles. The number of benzene rings is 1. The van der Waals surface area contributed by atoms with Crippen LogP contribution in [0, 0.1) is 0 Å². The topological polar surface area (TPSA) is 35.2 Å². The molecule has 0 heterocycles. The average molecular weight is 233 g/mol. The Hall–Kier alpha value is -0.860. The molecule has 17 heavy (non-hydrogen) atoms. The van der Waals surface area contributed by atoms with Gasteiger partial charge in [-0.2, -0.15) is 0 Å². The Labute approximate surface area is 104 Å². The molecule has 94 valence electrons. The van der Waals surface area contributed by atoms with Gasteiger partial charge >= 0.3 is 0 Å². The number of aryl methyl sites for hydroxylation is 1. The van der Waals surface area contributed by atoms with Gasteiger partial charge in [0.2, 0.25) is 0 Å². The second-order valence-corrected chi connectivity index (χ2v) is 6.02. The predicted octanol–water partition coefficient (Wildman–Crippen LogP) is 2.99. The fourth-order valence-corrected chi connectivity index (χ4v) is 2.52. The van der Waals surface area contributed by atoms with Gasteiger partial charge in [-0.1, -0.05) is 24.3 Å². The maximum Gasteiger partial charge on any atom is 0.0598 e. The molecule has 2 nitrogen and oxygen atoms in total. The van der Waals surface area contributed by atoms with Crippen molar-refractivity contribution in [3.8, 4) is 0 Å². The zero-order chi connectivity index (χ0) is 12.5. The lowest BCUT2D eigenvalue weighted by molar-refractivity contribution is -0.0115. The zero-order valence-corrected chi connectivity index (χ0v) is 11.1. The van der Waals surface area contributed by atoms with E-state index >= 15 is 0 Å². The first-order chi connectivity index (χ1) is 7.91. The van der Waals surface area contributed by atoms with Crippen LogP contribution in [0.4, 0.5) is 0 Å². The smallest absolute Gasteiger partial charge is 0.0598 e. The van der Waals surface area contributed by atoms with E-state index in [1.165, 1.54) is 11.1 Å². The third-order valence-electron chi connectivity index (χ3n) is 3.48. The Bertz CT molecular complexity index is 394. The first-order valence-electron chi connectivity index (χ1n) is 6.42. The summed E-state index contributed by atoms with van der Waals surface area (Å²) in [5.41, 5.74) is 8.99. The number of rotatable bonds is 3. The lowest BCUT2D eigenvalue weighted by atomic mass is 9.90. The van der Waals surface area contributed by atoms with Crippen molar-refractivity contribution >= 4 is 0 Å². The van der Waals surface area contributed by atoms with Crippen LogP contribution in [-0.2, 0) is 16.7 Å². The number of hydrogen-bond donors (Lipinski definition) is 1. The number of hydrogen-bond acceptors (Lipinski definition) is 2. The largest absolute Gasteiger partial charge is 0.376 e. The summed E-state index contributed by atoms with van der Waals surface area (Å²) in [6.07, 6.45) is 3.04. The fraction of sp³-hybridized carbons (Fsp3) is 0.600. The van der Waals surface area contributed by atoms with Crippen molar-refractivity contribution in [1.29, 1.82) is 0 Å². The molecule has 0 bridgehead atoms. The summed E-state index contributed by atoms with van der Waals surface area (Å²) in [5.74, 6) is 0. The highest BCUT2D eigenvalue weighted by atomic mass is 16.5. The summed E-state index contributed by atoms with van der Waals surface area (Å²) in [4.78, 5) is 0. The van der Waals surface area contributed by atoms with Crippen molar-refractivity contribution in [3.63, 3.8) is 0 Å². The predicted molar refractivity (Wildman–Crippen MR) is 71.0 cm³/mol. The van der Waals surface area contributed by atoms with Crippen LogP contribution in [0.1, 0.15) is 44.7 Å². The van der Waals surface area contributed by atoms with E-state index in [-0.39, 0.29) is 11.1 Å². The highest BCUT2D eigenvalue weighted by Gasteiger charge is 2.34. The summed E-state index contributed by atoms with van der Waals surface area (Å²) in [6.45, 7) is 6.98. The molecule has 0 aliphatic heterocycles. The maximum absolute atomic E-state index is 6.52. The quantitative estimate of drug-likeness (QED) is 0.871. The van der Waals surface area contributed by atoms with E-state index in [4.69, 9.17) is 10.5 Å². The first kappa shape index (κ1) is 12.6. The van der Waals surface area contributed by atoms with Crippen molar-refractivity contribution in [1.82, 2.24) is 0 Å². The number of fused-ring (bicyclic) bond motifs is 1. The molecule has 2 heteroatoms. The van der Waals surface area contributed by atoms with Gasteiger partial charge in [0, 0.05) is 12.1 Å². The molecular formula is C15H23NO. The van der Waals surface area contributed by atoms with Gasteiger partial charge in [-0.05, 0) is 51.2 Å². The highest BCUT2D eigenvalue weighted by Crippen LogP contribution is 2.37. The molecule has 0 aromatic heterocycles. The van der Waals surface area contributed by atoms with Crippen LogP contribution in [0.3, 0.4) is 0 Å². The van der Waals surface area contributed by atoms with Crippen LogP contribution in [0.5, 0.6) is 0 Å². The minimum Gasteiger partial charge on any atom is -0.376 e. The molecule has 0 radical (unpaired) electrons. The van der Waals surface area contributed by atoms with Crippen LogP contribution in [0.25, 0.3) is 0 Å². The van der Waals surface area contributed by atoms with E-state index in [9.17, 15) is 0 Å². The fourth-order valence-electron chi connectivity index (χ4n) is 2.52. The van der Waals surface area contributed by atoms with Gasteiger partial charge in [-0.25, -0.2) is 0 Å². The van der Waals surface area contributed by atoms with Gasteiger partial charge in [-0.3, -0.25) is 0 Å². The van der Waals surface area contributed by atoms with E-state index < -0.39 is 0 Å². The third kappa shape index (κ3) is 2.88. The molecule has 2 rings (SSSR count). The molecule has 0 amide bonds. The van der Waals surface area contributed by atoms with Gasteiger partial charge in [0.05, 0.1) is 5.60 Å². The third-order valence-corrected chi connectivity index (χ3v) is 3.48. The lowest BCUT2D eigenvalue weighted by Gasteiger charge is -2.28. The molecule has 2 N–H and O–H groups in total. The molecule has 0 fully saturated rings.